The number of benzene rings is 1. The number of hydrogen-bond acceptors (Lipinski definition) is 8. The quantitative estimate of drug-likeness (QED) is 0.330. The molecule has 6 rings (SSSR count). The van der Waals surface area contributed by atoms with Crippen LogP contribution in [0.5, 0.6) is 0 Å². The molecule has 10 nitrogen and oxygen atoms in total. The number of amides is 1. The summed E-state index contributed by atoms with van der Waals surface area (Å²) < 4.78 is 6.96. The fourth-order valence-electron chi connectivity index (χ4n) is 5.91. The summed E-state index contributed by atoms with van der Waals surface area (Å²) in [7, 11) is 0. The Labute approximate surface area is 239 Å². The van der Waals surface area contributed by atoms with Crippen LogP contribution < -0.4 is 9.80 Å². The topological polar surface area (TPSA) is 96.2 Å². The predicted octanol–water partition coefficient (Wildman–Crippen LogP) is 4.04. The SMILES string of the molecule is CC(=O)O[C@@H](C)C(=O)N1CCN(c2cccc(-c3cnc4ccc(N5CCC[C@@H]5c5cccc(C)c5)nn34)n2)CC1. The number of pyridine rings is 1. The number of carbonyl (C=O) groups excluding carboxylic acids is 2. The van der Waals surface area contributed by atoms with E-state index in [-0.39, 0.29) is 5.91 Å². The first-order chi connectivity index (χ1) is 19.9. The Morgan fingerprint density at radius 1 is 0.976 bits per heavy atom. The van der Waals surface area contributed by atoms with Crippen molar-refractivity contribution in [3.63, 3.8) is 0 Å². The molecule has 1 aromatic carbocycles. The van der Waals surface area contributed by atoms with Gasteiger partial charge in [0, 0.05) is 39.6 Å². The van der Waals surface area contributed by atoms with E-state index in [4.69, 9.17) is 14.8 Å². The molecule has 2 aliphatic rings. The minimum Gasteiger partial charge on any atom is -0.453 e. The van der Waals surface area contributed by atoms with Gasteiger partial charge < -0.3 is 19.4 Å². The average Bonchev–Trinajstić information content (AvgIpc) is 3.64. The molecule has 0 bridgehead atoms. The minimum atomic E-state index is -0.777. The van der Waals surface area contributed by atoms with Gasteiger partial charge in [-0.2, -0.15) is 0 Å². The Bertz CT molecular complexity index is 1580. The highest BCUT2D eigenvalue weighted by Gasteiger charge is 2.29. The van der Waals surface area contributed by atoms with Gasteiger partial charge in [0.05, 0.1) is 17.9 Å². The highest BCUT2D eigenvalue weighted by Crippen LogP contribution is 2.36. The normalized spacial score (nSPS) is 18.1. The lowest BCUT2D eigenvalue weighted by atomic mass is 10.0. The van der Waals surface area contributed by atoms with Gasteiger partial charge in [-0.25, -0.2) is 14.5 Å². The Morgan fingerprint density at radius 3 is 2.56 bits per heavy atom. The maximum atomic E-state index is 12.6. The number of ether oxygens (including phenoxy) is 1. The molecule has 212 valence electrons. The third-order valence-electron chi connectivity index (χ3n) is 7.92. The van der Waals surface area contributed by atoms with E-state index in [1.807, 2.05) is 35.0 Å². The number of esters is 1. The second-order valence-corrected chi connectivity index (χ2v) is 10.8. The molecule has 5 heterocycles. The third-order valence-corrected chi connectivity index (χ3v) is 7.92. The lowest BCUT2D eigenvalue weighted by molar-refractivity contribution is -0.157. The molecule has 0 saturated carbocycles. The van der Waals surface area contributed by atoms with E-state index >= 15 is 0 Å². The van der Waals surface area contributed by atoms with Crippen LogP contribution in [-0.2, 0) is 14.3 Å². The van der Waals surface area contributed by atoms with E-state index in [1.54, 1.807) is 11.8 Å². The zero-order valence-corrected chi connectivity index (χ0v) is 23.7. The fraction of sp³-hybridized carbons (Fsp3) is 0.387. The Balaban J connectivity index is 1.21. The summed E-state index contributed by atoms with van der Waals surface area (Å²) in [5.74, 6) is 1.15. The minimum absolute atomic E-state index is 0.170. The van der Waals surface area contributed by atoms with Gasteiger partial charge in [0.2, 0.25) is 0 Å². The molecular weight excluding hydrogens is 518 g/mol. The fourth-order valence-corrected chi connectivity index (χ4v) is 5.91. The van der Waals surface area contributed by atoms with Crippen molar-refractivity contribution in [1.29, 1.82) is 0 Å². The van der Waals surface area contributed by atoms with Crippen molar-refractivity contribution in [2.45, 2.75) is 45.8 Å². The standard InChI is InChI=1S/C31H35N7O3/c1-21-7-4-8-24(19-21)26-10-6-14-37(26)30-13-12-28-32-20-27(38(28)34-30)25-9-5-11-29(33-25)35-15-17-36(18-16-35)31(40)22(2)41-23(3)39/h4-5,7-9,11-13,19-20,22,26H,6,10,14-18H2,1-3H3/t22-,26+/m0/s1. The lowest BCUT2D eigenvalue weighted by Crippen LogP contribution is -2.51. The molecule has 3 aromatic heterocycles. The van der Waals surface area contributed by atoms with Gasteiger partial charge in [-0.15, -0.1) is 5.10 Å². The largest absolute Gasteiger partial charge is 0.453 e. The molecule has 4 aromatic rings. The van der Waals surface area contributed by atoms with E-state index in [0.29, 0.717) is 32.2 Å². The molecule has 0 aliphatic carbocycles. The van der Waals surface area contributed by atoms with Gasteiger partial charge in [-0.3, -0.25) is 9.59 Å². The van der Waals surface area contributed by atoms with Crippen molar-refractivity contribution in [2.24, 2.45) is 0 Å². The van der Waals surface area contributed by atoms with Gasteiger partial charge in [0.25, 0.3) is 5.91 Å². The van der Waals surface area contributed by atoms with Crippen LogP contribution in [0.1, 0.15) is 43.9 Å². The van der Waals surface area contributed by atoms with Crippen LogP contribution in [-0.4, -0.2) is 75.2 Å². The number of carbonyl (C=O) groups is 2. The summed E-state index contributed by atoms with van der Waals surface area (Å²) >= 11 is 0. The maximum absolute atomic E-state index is 12.6. The van der Waals surface area contributed by atoms with Crippen LogP contribution in [0.25, 0.3) is 17.0 Å². The first-order valence-corrected chi connectivity index (χ1v) is 14.2. The maximum Gasteiger partial charge on any atom is 0.303 e. The third kappa shape index (κ3) is 5.46. The zero-order chi connectivity index (χ0) is 28.5. The van der Waals surface area contributed by atoms with Gasteiger partial charge in [0.1, 0.15) is 17.3 Å². The van der Waals surface area contributed by atoms with E-state index in [1.165, 1.54) is 18.1 Å². The van der Waals surface area contributed by atoms with Crippen molar-refractivity contribution in [3.05, 3.63) is 71.9 Å². The van der Waals surface area contributed by atoms with Crippen molar-refractivity contribution in [3.8, 4) is 11.4 Å². The zero-order valence-electron chi connectivity index (χ0n) is 23.7. The Morgan fingerprint density at radius 2 is 1.78 bits per heavy atom. The van der Waals surface area contributed by atoms with Gasteiger partial charge >= 0.3 is 5.97 Å². The van der Waals surface area contributed by atoms with E-state index in [2.05, 4.69) is 52.0 Å². The molecule has 0 radical (unpaired) electrons. The van der Waals surface area contributed by atoms with E-state index in [0.717, 1.165) is 48.1 Å². The van der Waals surface area contributed by atoms with Crippen LogP contribution in [0.4, 0.5) is 11.6 Å². The highest BCUT2D eigenvalue weighted by molar-refractivity contribution is 5.83. The molecule has 2 saturated heterocycles. The van der Waals surface area contributed by atoms with E-state index in [9.17, 15) is 9.59 Å². The van der Waals surface area contributed by atoms with Crippen LogP contribution >= 0.6 is 0 Å². The molecule has 41 heavy (non-hydrogen) atoms. The van der Waals surface area contributed by atoms with Crippen LogP contribution in [0, 0.1) is 6.92 Å². The molecule has 2 aliphatic heterocycles. The summed E-state index contributed by atoms with van der Waals surface area (Å²) in [5.41, 5.74) is 4.99. The van der Waals surface area contributed by atoms with Gasteiger partial charge in [0.15, 0.2) is 11.8 Å². The number of anilines is 2. The number of hydrogen-bond donors (Lipinski definition) is 0. The van der Waals surface area contributed by atoms with Crippen LogP contribution in [0.15, 0.2) is 60.8 Å². The molecule has 2 atom stereocenters. The molecule has 0 spiro atoms. The number of imidazole rings is 1. The first kappa shape index (κ1) is 26.7. The molecule has 10 heteroatoms. The highest BCUT2D eigenvalue weighted by atomic mass is 16.5. The summed E-state index contributed by atoms with van der Waals surface area (Å²) in [6, 6.07) is 19.1. The predicted molar refractivity (Wildman–Crippen MR) is 157 cm³/mol. The lowest BCUT2D eigenvalue weighted by Gasteiger charge is -2.36. The van der Waals surface area contributed by atoms with Crippen molar-refractivity contribution >= 4 is 29.2 Å². The van der Waals surface area contributed by atoms with E-state index < -0.39 is 12.1 Å². The number of piperazine rings is 1. The summed E-state index contributed by atoms with van der Waals surface area (Å²) in [6.07, 6.45) is 3.28. The second kappa shape index (κ2) is 11.2. The number of fused-ring (bicyclic) bond motifs is 1. The molecular formula is C31H35N7O3. The Kier molecular flexibility index (Phi) is 7.30. The summed E-state index contributed by atoms with van der Waals surface area (Å²) in [4.78, 5) is 39.8. The second-order valence-electron chi connectivity index (χ2n) is 10.8. The molecule has 0 unspecified atom stereocenters. The number of aryl methyl sites for hydroxylation is 1. The Hall–Kier alpha value is -4.47. The average molecular weight is 554 g/mol. The molecule has 0 N–H and O–H groups in total. The monoisotopic (exact) mass is 553 g/mol. The first-order valence-electron chi connectivity index (χ1n) is 14.2. The summed E-state index contributed by atoms with van der Waals surface area (Å²) in [6.45, 7) is 8.38. The van der Waals surface area contributed by atoms with Crippen molar-refractivity contribution in [2.75, 3.05) is 42.5 Å². The summed E-state index contributed by atoms with van der Waals surface area (Å²) in [5, 5.41) is 5.05. The number of aromatic nitrogens is 4. The van der Waals surface area contributed by atoms with Gasteiger partial charge in [-0.1, -0.05) is 35.9 Å². The smallest absolute Gasteiger partial charge is 0.303 e. The molecule has 2 fully saturated rings. The molecule has 1 amide bonds. The van der Waals surface area contributed by atoms with Crippen molar-refractivity contribution < 1.29 is 14.3 Å². The van der Waals surface area contributed by atoms with Crippen molar-refractivity contribution in [1.82, 2.24) is 24.5 Å². The van der Waals surface area contributed by atoms with Gasteiger partial charge in [-0.05, 0) is 56.5 Å². The van der Waals surface area contributed by atoms with Crippen LogP contribution in [0.2, 0.25) is 0 Å². The number of nitrogens with zero attached hydrogens (tertiary/aromatic N) is 7. The van der Waals surface area contributed by atoms with Crippen LogP contribution in [0.3, 0.4) is 0 Å². The number of rotatable bonds is 6.